The third kappa shape index (κ3) is 3.37. The van der Waals surface area contributed by atoms with Gasteiger partial charge in [0.15, 0.2) is 0 Å². The van der Waals surface area contributed by atoms with Crippen molar-refractivity contribution in [3.63, 3.8) is 0 Å². The summed E-state index contributed by atoms with van der Waals surface area (Å²) in [5.74, 6) is -0.282. The Morgan fingerprint density at radius 2 is 1.89 bits per heavy atom. The molecule has 1 fully saturated rings. The number of aromatic nitrogens is 1. The van der Waals surface area contributed by atoms with Crippen molar-refractivity contribution in [2.75, 3.05) is 0 Å². The number of carbonyl (C=O) groups excluding carboxylic acids is 1. The molecule has 1 saturated carbocycles. The van der Waals surface area contributed by atoms with Crippen LogP contribution in [-0.2, 0) is 4.79 Å². The first kappa shape index (κ1) is 17.1. The second kappa shape index (κ2) is 6.77. The monoisotopic (exact) mass is 355 g/mol. The lowest BCUT2D eigenvalue weighted by atomic mass is 10.1. The molecule has 4 nitrogen and oxygen atoms in total. The zero-order valence-corrected chi connectivity index (χ0v) is 15.5. The first-order chi connectivity index (χ1) is 13.1. The SMILES string of the molecule is Cc1cc(/C=C(\C#N)C(=O)NC2CC2)c(C)n1-c1ccc2ccccc2c1. The number of rotatable bonds is 4. The molecule has 1 aromatic heterocycles. The summed E-state index contributed by atoms with van der Waals surface area (Å²) in [6.07, 6.45) is 3.69. The summed E-state index contributed by atoms with van der Waals surface area (Å²) in [5, 5.41) is 14.7. The van der Waals surface area contributed by atoms with Gasteiger partial charge < -0.3 is 9.88 Å². The number of hydrogen-bond acceptors (Lipinski definition) is 2. The number of nitrogens with zero attached hydrogens (tertiary/aromatic N) is 2. The van der Waals surface area contributed by atoms with Crippen molar-refractivity contribution >= 4 is 22.8 Å². The van der Waals surface area contributed by atoms with E-state index in [1.165, 1.54) is 10.8 Å². The number of hydrogen-bond donors (Lipinski definition) is 1. The lowest BCUT2D eigenvalue weighted by molar-refractivity contribution is -0.117. The fourth-order valence-electron chi connectivity index (χ4n) is 3.44. The van der Waals surface area contributed by atoms with Gasteiger partial charge >= 0.3 is 0 Å². The van der Waals surface area contributed by atoms with Crippen molar-refractivity contribution in [1.82, 2.24) is 9.88 Å². The van der Waals surface area contributed by atoms with Crippen LogP contribution in [0.2, 0.25) is 0 Å². The molecule has 0 spiro atoms. The molecule has 1 aliphatic rings. The number of fused-ring (bicyclic) bond motifs is 1. The average Bonchev–Trinajstić information content (AvgIpc) is 3.43. The van der Waals surface area contributed by atoms with Crippen molar-refractivity contribution in [1.29, 1.82) is 5.26 Å². The highest BCUT2D eigenvalue weighted by Crippen LogP contribution is 2.26. The second-order valence-electron chi connectivity index (χ2n) is 7.11. The van der Waals surface area contributed by atoms with E-state index in [4.69, 9.17) is 0 Å². The molecule has 0 bridgehead atoms. The summed E-state index contributed by atoms with van der Waals surface area (Å²) in [6, 6.07) is 18.9. The van der Waals surface area contributed by atoms with Crippen molar-refractivity contribution in [3.8, 4) is 11.8 Å². The standard InChI is InChI=1S/C23H21N3O/c1-15-11-19(12-20(14-24)23(27)25-21-8-9-21)16(2)26(15)22-10-7-17-5-3-4-6-18(17)13-22/h3-7,10-13,21H,8-9H2,1-2H3,(H,25,27)/b20-12+. The Kier molecular flexibility index (Phi) is 4.29. The van der Waals surface area contributed by atoms with Crippen LogP contribution in [0.15, 0.2) is 54.1 Å². The van der Waals surface area contributed by atoms with Crippen LogP contribution in [0.5, 0.6) is 0 Å². The van der Waals surface area contributed by atoms with Crippen LogP contribution in [0.25, 0.3) is 22.5 Å². The van der Waals surface area contributed by atoms with Crippen LogP contribution in [0.1, 0.15) is 29.8 Å². The molecule has 2 aromatic carbocycles. The van der Waals surface area contributed by atoms with E-state index in [-0.39, 0.29) is 17.5 Å². The van der Waals surface area contributed by atoms with Gasteiger partial charge in [0.05, 0.1) is 0 Å². The largest absolute Gasteiger partial charge is 0.349 e. The zero-order valence-electron chi connectivity index (χ0n) is 15.5. The highest BCUT2D eigenvalue weighted by Gasteiger charge is 2.25. The van der Waals surface area contributed by atoms with Gasteiger partial charge in [0.25, 0.3) is 5.91 Å². The summed E-state index contributed by atoms with van der Waals surface area (Å²) in [7, 11) is 0. The number of amides is 1. The van der Waals surface area contributed by atoms with E-state index >= 15 is 0 Å². The lowest BCUT2D eigenvalue weighted by Gasteiger charge is -2.11. The van der Waals surface area contributed by atoms with Crippen molar-refractivity contribution < 1.29 is 4.79 Å². The fraction of sp³-hybridized carbons (Fsp3) is 0.217. The predicted molar refractivity (Wildman–Crippen MR) is 108 cm³/mol. The van der Waals surface area contributed by atoms with Gasteiger partial charge in [-0.2, -0.15) is 5.26 Å². The van der Waals surface area contributed by atoms with E-state index in [0.717, 1.165) is 35.5 Å². The minimum absolute atomic E-state index is 0.153. The maximum absolute atomic E-state index is 12.2. The molecular formula is C23H21N3O. The Morgan fingerprint density at radius 1 is 1.15 bits per heavy atom. The van der Waals surface area contributed by atoms with Crippen molar-refractivity contribution in [2.45, 2.75) is 32.7 Å². The number of nitrogens with one attached hydrogen (secondary N) is 1. The van der Waals surface area contributed by atoms with Gasteiger partial charge in [0.1, 0.15) is 11.6 Å². The van der Waals surface area contributed by atoms with Gasteiger partial charge in [0, 0.05) is 23.1 Å². The van der Waals surface area contributed by atoms with E-state index in [0.29, 0.717) is 0 Å². The number of benzene rings is 2. The number of nitriles is 1. The van der Waals surface area contributed by atoms with Crippen molar-refractivity contribution in [3.05, 3.63) is 71.1 Å². The molecule has 4 heteroatoms. The maximum Gasteiger partial charge on any atom is 0.262 e. The molecule has 27 heavy (non-hydrogen) atoms. The molecule has 3 aromatic rings. The third-order valence-corrected chi connectivity index (χ3v) is 5.04. The van der Waals surface area contributed by atoms with Crippen LogP contribution in [0, 0.1) is 25.2 Å². The smallest absolute Gasteiger partial charge is 0.262 e. The van der Waals surface area contributed by atoms with E-state index < -0.39 is 0 Å². The van der Waals surface area contributed by atoms with E-state index in [9.17, 15) is 10.1 Å². The Hall–Kier alpha value is -3.32. The van der Waals surface area contributed by atoms with Crippen LogP contribution >= 0.6 is 0 Å². The molecule has 0 radical (unpaired) electrons. The summed E-state index contributed by atoms with van der Waals surface area (Å²) in [6.45, 7) is 4.05. The minimum atomic E-state index is -0.282. The van der Waals surface area contributed by atoms with Gasteiger partial charge in [-0.05, 0) is 67.3 Å². The summed E-state index contributed by atoms with van der Waals surface area (Å²) >= 11 is 0. The van der Waals surface area contributed by atoms with Gasteiger partial charge in [-0.15, -0.1) is 0 Å². The molecular weight excluding hydrogens is 334 g/mol. The predicted octanol–water partition coefficient (Wildman–Crippen LogP) is 4.43. The lowest BCUT2D eigenvalue weighted by Crippen LogP contribution is -2.26. The molecule has 1 amide bonds. The van der Waals surface area contributed by atoms with Gasteiger partial charge in [-0.3, -0.25) is 4.79 Å². The summed E-state index contributed by atoms with van der Waals surface area (Å²) in [5.41, 5.74) is 4.19. The molecule has 1 heterocycles. The topological polar surface area (TPSA) is 57.8 Å². The first-order valence-corrected chi connectivity index (χ1v) is 9.17. The fourth-order valence-corrected chi connectivity index (χ4v) is 3.44. The first-order valence-electron chi connectivity index (χ1n) is 9.17. The molecule has 1 N–H and O–H groups in total. The summed E-state index contributed by atoms with van der Waals surface area (Å²) < 4.78 is 2.16. The van der Waals surface area contributed by atoms with Gasteiger partial charge in [0.2, 0.25) is 0 Å². The van der Waals surface area contributed by atoms with E-state index in [1.807, 2.05) is 38.1 Å². The van der Waals surface area contributed by atoms with Crippen LogP contribution < -0.4 is 5.32 Å². The zero-order chi connectivity index (χ0) is 19.0. The minimum Gasteiger partial charge on any atom is -0.349 e. The average molecular weight is 355 g/mol. The van der Waals surface area contributed by atoms with Crippen molar-refractivity contribution in [2.24, 2.45) is 0 Å². The molecule has 0 saturated heterocycles. The second-order valence-corrected chi connectivity index (χ2v) is 7.11. The number of carbonyl (C=O) groups is 1. The molecule has 0 unspecified atom stereocenters. The Balaban J connectivity index is 1.73. The Labute approximate surface area is 158 Å². The van der Waals surface area contributed by atoms with Crippen LogP contribution in [0.3, 0.4) is 0 Å². The van der Waals surface area contributed by atoms with Crippen LogP contribution in [-0.4, -0.2) is 16.5 Å². The van der Waals surface area contributed by atoms with Crippen LogP contribution in [0.4, 0.5) is 0 Å². The quantitative estimate of drug-likeness (QED) is 0.556. The maximum atomic E-state index is 12.2. The van der Waals surface area contributed by atoms with E-state index in [2.05, 4.69) is 40.2 Å². The molecule has 0 atom stereocenters. The molecule has 1 aliphatic carbocycles. The normalized spacial score (nSPS) is 14.2. The molecule has 0 aliphatic heterocycles. The highest BCUT2D eigenvalue weighted by atomic mass is 16.1. The van der Waals surface area contributed by atoms with Gasteiger partial charge in [-0.25, -0.2) is 0 Å². The Bertz CT molecular complexity index is 1110. The van der Waals surface area contributed by atoms with Gasteiger partial charge in [-0.1, -0.05) is 30.3 Å². The molecule has 134 valence electrons. The molecule has 4 rings (SSSR count). The third-order valence-electron chi connectivity index (χ3n) is 5.04. The Morgan fingerprint density at radius 3 is 2.59 bits per heavy atom. The number of aryl methyl sites for hydroxylation is 1. The summed E-state index contributed by atoms with van der Waals surface area (Å²) in [4.78, 5) is 12.2. The highest BCUT2D eigenvalue weighted by molar-refractivity contribution is 6.02. The van der Waals surface area contributed by atoms with E-state index in [1.54, 1.807) is 6.08 Å².